The van der Waals surface area contributed by atoms with E-state index in [-0.39, 0.29) is 18.2 Å². The summed E-state index contributed by atoms with van der Waals surface area (Å²) in [6.07, 6.45) is 5.22. The summed E-state index contributed by atoms with van der Waals surface area (Å²) >= 11 is 0. The minimum absolute atomic E-state index is 0.0721. The van der Waals surface area contributed by atoms with Crippen LogP contribution in [0.2, 0.25) is 0 Å². The molecule has 2 aliphatic rings. The molecule has 5 heteroatoms. The second kappa shape index (κ2) is 6.54. The van der Waals surface area contributed by atoms with Gasteiger partial charge in [-0.1, -0.05) is 12.7 Å². The van der Waals surface area contributed by atoms with Gasteiger partial charge in [-0.2, -0.15) is 0 Å². The average Bonchev–Trinajstić information content (AvgIpc) is 3.29. The molecular formula is C14H18O5. The topological polar surface area (TPSA) is 60.6 Å². The number of esters is 1. The molecule has 0 amide bonds. The number of allylic oxidation sites excluding steroid dienone is 2. The lowest BCUT2D eigenvalue weighted by Gasteiger charge is -2.04. The minimum Gasteiger partial charge on any atom is -0.491 e. The summed E-state index contributed by atoms with van der Waals surface area (Å²) < 4.78 is 20.4. The van der Waals surface area contributed by atoms with E-state index < -0.39 is 0 Å². The van der Waals surface area contributed by atoms with Crippen molar-refractivity contribution < 1.29 is 23.7 Å². The van der Waals surface area contributed by atoms with E-state index in [0.29, 0.717) is 31.2 Å². The van der Waals surface area contributed by atoms with Gasteiger partial charge < -0.3 is 18.9 Å². The van der Waals surface area contributed by atoms with Crippen molar-refractivity contribution in [3.63, 3.8) is 0 Å². The fourth-order valence-electron chi connectivity index (χ4n) is 1.29. The molecule has 5 nitrogen and oxygen atoms in total. The molecule has 0 aliphatic carbocycles. The second-order valence-corrected chi connectivity index (χ2v) is 4.36. The second-order valence-electron chi connectivity index (χ2n) is 4.36. The Morgan fingerprint density at radius 3 is 2.32 bits per heavy atom. The fourth-order valence-corrected chi connectivity index (χ4v) is 1.29. The number of carbonyl (C=O) groups is 1. The van der Waals surface area contributed by atoms with Crippen molar-refractivity contribution in [2.75, 3.05) is 26.4 Å². The summed E-state index contributed by atoms with van der Waals surface area (Å²) in [6.45, 7) is 7.73. The van der Waals surface area contributed by atoms with Crippen LogP contribution in [-0.4, -0.2) is 44.6 Å². The minimum atomic E-state index is -0.368. The SMILES string of the molecule is C=C(/C=C\C(=C/C)C(=O)OCC1CO1)OCC1CO1. The molecule has 2 aliphatic heterocycles. The summed E-state index contributed by atoms with van der Waals surface area (Å²) in [5, 5.41) is 0. The quantitative estimate of drug-likeness (QED) is 0.218. The van der Waals surface area contributed by atoms with Gasteiger partial charge in [0, 0.05) is 0 Å². The lowest BCUT2D eigenvalue weighted by Crippen LogP contribution is -2.11. The van der Waals surface area contributed by atoms with Crippen molar-refractivity contribution in [2.45, 2.75) is 19.1 Å². The van der Waals surface area contributed by atoms with Crippen molar-refractivity contribution in [3.05, 3.63) is 36.1 Å². The Balaban J connectivity index is 1.72. The number of hydrogen-bond acceptors (Lipinski definition) is 5. The lowest BCUT2D eigenvalue weighted by atomic mass is 10.2. The first-order chi connectivity index (χ1) is 9.19. The lowest BCUT2D eigenvalue weighted by molar-refractivity contribution is -0.139. The van der Waals surface area contributed by atoms with Gasteiger partial charge in [0.05, 0.1) is 18.8 Å². The first-order valence-electron chi connectivity index (χ1n) is 6.25. The highest BCUT2D eigenvalue weighted by atomic mass is 16.6. The molecule has 2 heterocycles. The zero-order valence-corrected chi connectivity index (χ0v) is 11.0. The highest BCUT2D eigenvalue weighted by Crippen LogP contribution is 2.13. The summed E-state index contributed by atoms with van der Waals surface area (Å²) in [6, 6.07) is 0. The number of epoxide rings is 2. The molecule has 2 saturated heterocycles. The van der Waals surface area contributed by atoms with Crippen LogP contribution in [0.1, 0.15) is 6.92 Å². The van der Waals surface area contributed by atoms with Gasteiger partial charge in [0.25, 0.3) is 0 Å². The van der Waals surface area contributed by atoms with Gasteiger partial charge >= 0.3 is 5.97 Å². The molecule has 0 aromatic rings. The van der Waals surface area contributed by atoms with Gasteiger partial charge in [0.1, 0.15) is 31.2 Å². The first-order valence-corrected chi connectivity index (χ1v) is 6.25. The van der Waals surface area contributed by atoms with Gasteiger partial charge in [-0.3, -0.25) is 0 Å². The van der Waals surface area contributed by atoms with Crippen LogP contribution in [0.5, 0.6) is 0 Å². The maximum atomic E-state index is 11.7. The molecule has 19 heavy (non-hydrogen) atoms. The molecule has 2 rings (SSSR count). The van der Waals surface area contributed by atoms with Crippen LogP contribution in [0, 0.1) is 0 Å². The summed E-state index contributed by atoms with van der Waals surface area (Å²) in [5.41, 5.74) is 0.466. The molecule has 0 aromatic heterocycles. The fraction of sp³-hybridized carbons (Fsp3) is 0.500. The van der Waals surface area contributed by atoms with Crippen LogP contribution in [-0.2, 0) is 23.7 Å². The van der Waals surface area contributed by atoms with Crippen LogP contribution in [0.4, 0.5) is 0 Å². The van der Waals surface area contributed by atoms with Crippen LogP contribution in [0.15, 0.2) is 36.1 Å². The Kier molecular flexibility index (Phi) is 4.76. The molecule has 2 fully saturated rings. The van der Waals surface area contributed by atoms with Gasteiger partial charge in [-0.25, -0.2) is 4.79 Å². The van der Waals surface area contributed by atoms with Crippen molar-refractivity contribution in [1.29, 1.82) is 0 Å². The van der Waals surface area contributed by atoms with E-state index in [1.54, 1.807) is 25.2 Å². The van der Waals surface area contributed by atoms with Crippen LogP contribution in [0.25, 0.3) is 0 Å². The Labute approximate surface area is 112 Å². The van der Waals surface area contributed by atoms with E-state index in [0.717, 1.165) is 6.61 Å². The number of rotatable bonds is 8. The molecule has 0 radical (unpaired) electrons. The molecule has 2 unspecified atom stereocenters. The maximum Gasteiger partial charge on any atom is 0.337 e. The molecule has 0 saturated carbocycles. The van der Waals surface area contributed by atoms with Gasteiger partial charge in [-0.15, -0.1) is 0 Å². The van der Waals surface area contributed by atoms with Gasteiger partial charge in [0.2, 0.25) is 0 Å². The Morgan fingerprint density at radius 1 is 1.21 bits per heavy atom. The molecule has 0 aromatic carbocycles. The van der Waals surface area contributed by atoms with Crippen molar-refractivity contribution in [2.24, 2.45) is 0 Å². The molecule has 104 valence electrons. The van der Waals surface area contributed by atoms with E-state index in [4.69, 9.17) is 18.9 Å². The van der Waals surface area contributed by atoms with E-state index >= 15 is 0 Å². The van der Waals surface area contributed by atoms with E-state index in [9.17, 15) is 4.79 Å². The smallest absolute Gasteiger partial charge is 0.337 e. The summed E-state index contributed by atoms with van der Waals surface area (Å²) in [5.74, 6) is 0.126. The number of hydrogen-bond donors (Lipinski definition) is 0. The predicted octanol–water partition coefficient (Wildman–Crippen LogP) is 1.36. The number of ether oxygens (including phenoxy) is 4. The van der Waals surface area contributed by atoms with Crippen LogP contribution < -0.4 is 0 Å². The van der Waals surface area contributed by atoms with Crippen LogP contribution in [0.3, 0.4) is 0 Å². The average molecular weight is 266 g/mol. The zero-order valence-electron chi connectivity index (χ0n) is 11.0. The predicted molar refractivity (Wildman–Crippen MR) is 68.4 cm³/mol. The van der Waals surface area contributed by atoms with Crippen molar-refractivity contribution in [3.8, 4) is 0 Å². The summed E-state index contributed by atoms with van der Waals surface area (Å²) in [4.78, 5) is 11.7. The third-order valence-electron chi connectivity index (χ3n) is 2.66. The maximum absolute atomic E-state index is 11.7. The largest absolute Gasteiger partial charge is 0.491 e. The monoisotopic (exact) mass is 266 g/mol. The summed E-state index contributed by atoms with van der Waals surface area (Å²) in [7, 11) is 0. The van der Waals surface area contributed by atoms with Gasteiger partial charge in [0.15, 0.2) is 0 Å². The molecular weight excluding hydrogens is 248 g/mol. The van der Waals surface area contributed by atoms with Crippen molar-refractivity contribution in [1.82, 2.24) is 0 Å². The first kappa shape index (κ1) is 13.8. The zero-order chi connectivity index (χ0) is 13.7. The van der Waals surface area contributed by atoms with E-state index in [2.05, 4.69) is 6.58 Å². The molecule has 0 spiro atoms. The van der Waals surface area contributed by atoms with Crippen LogP contribution >= 0.6 is 0 Å². The Hall–Kier alpha value is -1.59. The third-order valence-corrected chi connectivity index (χ3v) is 2.66. The molecule has 0 N–H and O–H groups in total. The van der Waals surface area contributed by atoms with Crippen molar-refractivity contribution >= 4 is 5.97 Å². The highest BCUT2D eigenvalue weighted by Gasteiger charge is 2.24. The number of carbonyl (C=O) groups excluding carboxylic acids is 1. The molecule has 2 atom stereocenters. The highest BCUT2D eigenvalue weighted by molar-refractivity contribution is 5.91. The normalized spacial score (nSPS) is 25.2. The Morgan fingerprint density at radius 2 is 1.79 bits per heavy atom. The standard InChI is InChI=1S/C14H18O5/c1-3-11(14(15)19-9-13-8-18-13)5-4-10(2)16-6-12-7-17-12/h3-5,12-13H,2,6-9H2,1H3/b5-4-,11-3+. The Bertz CT molecular complexity index is 402. The molecule has 0 bridgehead atoms. The van der Waals surface area contributed by atoms with Gasteiger partial charge in [-0.05, 0) is 19.1 Å². The third kappa shape index (κ3) is 5.28. The van der Waals surface area contributed by atoms with E-state index in [1.165, 1.54) is 0 Å². The van der Waals surface area contributed by atoms with E-state index in [1.807, 2.05) is 0 Å².